The van der Waals surface area contributed by atoms with Crippen molar-refractivity contribution in [2.45, 2.75) is 52.4 Å². The molecule has 2 rings (SSSR count). The van der Waals surface area contributed by atoms with Crippen LogP contribution in [0.25, 0.3) is 0 Å². The van der Waals surface area contributed by atoms with Crippen molar-refractivity contribution >= 4 is 0 Å². The highest BCUT2D eigenvalue weighted by Crippen LogP contribution is 2.42. The predicted molar refractivity (Wildman–Crippen MR) is 58.3 cm³/mol. The molecule has 2 heteroatoms. The topological polar surface area (TPSA) is 28.7 Å². The standard InChI is InChI=1S/C12H20N2/c1-9-13-8-11(14-9)10-5-4-6-12(2,3)7-10/h8,10H,4-7H2,1-3H3,(H,13,14). The van der Waals surface area contributed by atoms with Gasteiger partial charge < -0.3 is 4.98 Å². The molecule has 1 aromatic heterocycles. The minimum Gasteiger partial charge on any atom is -0.346 e. The summed E-state index contributed by atoms with van der Waals surface area (Å²) in [7, 11) is 0. The van der Waals surface area contributed by atoms with Gasteiger partial charge >= 0.3 is 0 Å². The van der Waals surface area contributed by atoms with Crippen LogP contribution in [0.15, 0.2) is 6.20 Å². The fraction of sp³-hybridized carbons (Fsp3) is 0.750. The highest BCUT2D eigenvalue weighted by molar-refractivity contribution is 5.09. The number of rotatable bonds is 1. The lowest BCUT2D eigenvalue weighted by atomic mass is 9.71. The van der Waals surface area contributed by atoms with E-state index in [-0.39, 0.29) is 0 Å². The molecule has 1 atom stereocenters. The van der Waals surface area contributed by atoms with Crippen LogP contribution in [-0.2, 0) is 0 Å². The lowest BCUT2D eigenvalue weighted by Gasteiger charge is -2.34. The van der Waals surface area contributed by atoms with Crippen molar-refractivity contribution in [3.8, 4) is 0 Å². The third-order valence-corrected chi connectivity index (χ3v) is 3.37. The molecule has 0 radical (unpaired) electrons. The Labute approximate surface area is 86.1 Å². The molecular weight excluding hydrogens is 172 g/mol. The van der Waals surface area contributed by atoms with Gasteiger partial charge in [0.2, 0.25) is 0 Å². The third kappa shape index (κ3) is 1.99. The number of aromatic amines is 1. The Morgan fingerprint density at radius 1 is 1.50 bits per heavy atom. The van der Waals surface area contributed by atoms with Gasteiger partial charge in [0.25, 0.3) is 0 Å². The highest BCUT2D eigenvalue weighted by Gasteiger charge is 2.29. The van der Waals surface area contributed by atoms with E-state index < -0.39 is 0 Å². The summed E-state index contributed by atoms with van der Waals surface area (Å²) in [6, 6.07) is 0. The largest absolute Gasteiger partial charge is 0.346 e. The molecule has 0 aromatic carbocycles. The molecule has 2 nitrogen and oxygen atoms in total. The number of nitrogens with one attached hydrogen (secondary N) is 1. The van der Waals surface area contributed by atoms with E-state index >= 15 is 0 Å². The van der Waals surface area contributed by atoms with Gasteiger partial charge in [0.05, 0.1) is 0 Å². The Bertz CT molecular complexity index is 312. The molecule has 1 unspecified atom stereocenters. The van der Waals surface area contributed by atoms with Crippen molar-refractivity contribution in [3.05, 3.63) is 17.7 Å². The van der Waals surface area contributed by atoms with Crippen molar-refractivity contribution in [3.63, 3.8) is 0 Å². The molecule has 1 aliphatic carbocycles. The van der Waals surface area contributed by atoms with Crippen molar-refractivity contribution in [1.82, 2.24) is 9.97 Å². The first kappa shape index (κ1) is 9.75. The van der Waals surface area contributed by atoms with Crippen LogP contribution < -0.4 is 0 Å². The van der Waals surface area contributed by atoms with Crippen LogP contribution in [0.5, 0.6) is 0 Å². The Hall–Kier alpha value is -0.790. The van der Waals surface area contributed by atoms with Gasteiger partial charge in [-0.25, -0.2) is 4.98 Å². The summed E-state index contributed by atoms with van der Waals surface area (Å²) in [5.41, 5.74) is 1.86. The Morgan fingerprint density at radius 3 is 2.86 bits per heavy atom. The molecule has 0 amide bonds. The molecule has 1 aromatic rings. The molecule has 1 N–H and O–H groups in total. The number of imidazole rings is 1. The van der Waals surface area contributed by atoms with Crippen molar-refractivity contribution in [1.29, 1.82) is 0 Å². The first-order chi connectivity index (χ1) is 6.57. The van der Waals surface area contributed by atoms with Crippen molar-refractivity contribution in [2.24, 2.45) is 5.41 Å². The van der Waals surface area contributed by atoms with E-state index in [1.165, 1.54) is 31.4 Å². The second kappa shape index (κ2) is 3.41. The fourth-order valence-electron chi connectivity index (χ4n) is 2.61. The van der Waals surface area contributed by atoms with Crippen molar-refractivity contribution < 1.29 is 0 Å². The summed E-state index contributed by atoms with van der Waals surface area (Å²) < 4.78 is 0. The van der Waals surface area contributed by atoms with Crippen LogP contribution in [0.2, 0.25) is 0 Å². The summed E-state index contributed by atoms with van der Waals surface area (Å²) in [4.78, 5) is 7.66. The molecule has 78 valence electrons. The summed E-state index contributed by atoms with van der Waals surface area (Å²) in [6.45, 7) is 6.78. The lowest BCUT2D eigenvalue weighted by Crippen LogP contribution is -2.21. The monoisotopic (exact) mass is 192 g/mol. The molecule has 1 aliphatic rings. The van der Waals surface area contributed by atoms with Gasteiger partial charge in [0.1, 0.15) is 5.82 Å². The van der Waals surface area contributed by atoms with E-state index in [2.05, 4.69) is 23.8 Å². The van der Waals surface area contributed by atoms with Gasteiger partial charge in [-0.2, -0.15) is 0 Å². The van der Waals surface area contributed by atoms with E-state index in [9.17, 15) is 0 Å². The van der Waals surface area contributed by atoms with E-state index in [0.717, 1.165) is 5.82 Å². The smallest absolute Gasteiger partial charge is 0.103 e. The second-order valence-electron chi connectivity index (χ2n) is 5.38. The van der Waals surface area contributed by atoms with Crippen LogP contribution in [0.4, 0.5) is 0 Å². The quantitative estimate of drug-likeness (QED) is 0.725. The number of aromatic nitrogens is 2. The molecule has 1 saturated carbocycles. The van der Waals surface area contributed by atoms with Crippen LogP contribution in [-0.4, -0.2) is 9.97 Å². The lowest BCUT2D eigenvalue weighted by molar-refractivity contribution is 0.217. The molecule has 0 spiro atoms. The third-order valence-electron chi connectivity index (χ3n) is 3.37. The Morgan fingerprint density at radius 2 is 2.29 bits per heavy atom. The second-order valence-corrected chi connectivity index (χ2v) is 5.38. The zero-order valence-electron chi connectivity index (χ0n) is 9.43. The molecular formula is C12H20N2. The van der Waals surface area contributed by atoms with Crippen molar-refractivity contribution in [2.75, 3.05) is 0 Å². The van der Waals surface area contributed by atoms with E-state index in [1.807, 2.05) is 13.1 Å². The molecule has 0 aliphatic heterocycles. The minimum absolute atomic E-state index is 0.516. The zero-order chi connectivity index (χ0) is 10.2. The summed E-state index contributed by atoms with van der Waals surface area (Å²) >= 11 is 0. The Kier molecular flexibility index (Phi) is 2.38. The summed E-state index contributed by atoms with van der Waals surface area (Å²) in [6.07, 6.45) is 7.37. The highest BCUT2D eigenvalue weighted by atomic mass is 14.9. The fourth-order valence-corrected chi connectivity index (χ4v) is 2.61. The normalized spacial score (nSPS) is 26.4. The van der Waals surface area contributed by atoms with Gasteiger partial charge in [0.15, 0.2) is 0 Å². The molecule has 0 bridgehead atoms. The maximum atomic E-state index is 4.28. The predicted octanol–water partition coefficient (Wildman–Crippen LogP) is 3.40. The van der Waals surface area contributed by atoms with E-state index in [4.69, 9.17) is 0 Å². The van der Waals surface area contributed by atoms with Crippen LogP contribution in [0.1, 0.15) is 57.0 Å². The first-order valence-electron chi connectivity index (χ1n) is 5.58. The van der Waals surface area contributed by atoms with Gasteiger partial charge in [-0.1, -0.05) is 20.3 Å². The summed E-state index contributed by atoms with van der Waals surface area (Å²) in [5.74, 6) is 1.75. The van der Waals surface area contributed by atoms with E-state index in [1.54, 1.807) is 0 Å². The molecule has 1 fully saturated rings. The maximum absolute atomic E-state index is 4.28. The van der Waals surface area contributed by atoms with Gasteiger partial charge in [-0.3, -0.25) is 0 Å². The number of nitrogens with zero attached hydrogens (tertiary/aromatic N) is 1. The Balaban J connectivity index is 2.12. The first-order valence-corrected chi connectivity index (χ1v) is 5.58. The maximum Gasteiger partial charge on any atom is 0.103 e. The number of hydrogen-bond donors (Lipinski definition) is 1. The average molecular weight is 192 g/mol. The number of H-pyrrole nitrogens is 1. The molecule has 0 saturated heterocycles. The number of hydrogen-bond acceptors (Lipinski definition) is 1. The molecule has 14 heavy (non-hydrogen) atoms. The molecule has 1 heterocycles. The van der Waals surface area contributed by atoms with E-state index in [0.29, 0.717) is 11.3 Å². The van der Waals surface area contributed by atoms with Gasteiger partial charge in [-0.15, -0.1) is 0 Å². The van der Waals surface area contributed by atoms with Crippen LogP contribution in [0.3, 0.4) is 0 Å². The average Bonchev–Trinajstić information content (AvgIpc) is 2.50. The number of aryl methyl sites for hydroxylation is 1. The van der Waals surface area contributed by atoms with Gasteiger partial charge in [0, 0.05) is 17.8 Å². The summed E-state index contributed by atoms with van der Waals surface area (Å²) in [5, 5.41) is 0. The van der Waals surface area contributed by atoms with Crippen LogP contribution in [0, 0.1) is 12.3 Å². The SMILES string of the molecule is Cc1ncc(C2CCCC(C)(C)C2)[nH]1. The zero-order valence-corrected chi connectivity index (χ0v) is 9.43. The van der Waals surface area contributed by atoms with Crippen LogP contribution >= 0.6 is 0 Å². The minimum atomic E-state index is 0.516. The van der Waals surface area contributed by atoms with Gasteiger partial charge in [-0.05, 0) is 31.6 Å².